The van der Waals surface area contributed by atoms with Crippen molar-refractivity contribution in [1.82, 2.24) is 5.32 Å². The summed E-state index contributed by atoms with van der Waals surface area (Å²) < 4.78 is 12.5. The molecule has 2 aromatic rings. The molecule has 7 heteroatoms. The first-order valence-corrected chi connectivity index (χ1v) is 10.7. The average molecular weight is 424 g/mol. The minimum atomic E-state index is -1.77. The van der Waals surface area contributed by atoms with Gasteiger partial charge in [-0.05, 0) is 30.0 Å². The van der Waals surface area contributed by atoms with Crippen LogP contribution in [0.15, 0.2) is 36.4 Å². The van der Waals surface area contributed by atoms with Crippen LogP contribution < -0.4 is 15.8 Å². The van der Waals surface area contributed by atoms with Crippen molar-refractivity contribution in [3.8, 4) is 5.75 Å². The van der Waals surface area contributed by atoms with Crippen LogP contribution in [0.25, 0.3) is 0 Å². The summed E-state index contributed by atoms with van der Waals surface area (Å²) in [7, 11) is 0. The molecule has 7 nitrogen and oxygen atoms in total. The predicted molar refractivity (Wildman–Crippen MR) is 116 cm³/mol. The van der Waals surface area contributed by atoms with Crippen LogP contribution in [-0.4, -0.2) is 23.1 Å². The van der Waals surface area contributed by atoms with Crippen molar-refractivity contribution in [3.05, 3.63) is 58.7 Å². The quantitative estimate of drug-likeness (QED) is 0.485. The normalized spacial score (nSPS) is 24.4. The van der Waals surface area contributed by atoms with Crippen LogP contribution in [0.2, 0.25) is 0 Å². The van der Waals surface area contributed by atoms with Crippen molar-refractivity contribution in [2.75, 3.05) is 5.73 Å². The molecule has 0 fully saturated rings. The van der Waals surface area contributed by atoms with Crippen molar-refractivity contribution in [1.29, 1.82) is 0 Å². The van der Waals surface area contributed by atoms with Gasteiger partial charge < -0.3 is 25.6 Å². The third-order valence-electron chi connectivity index (χ3n) is 6.14. The number of nitrogens with two attached hydrogens (primary N) is 1. The van der Waals surface area contributed by atoms with E-state index in [1.54, 1.807) is 38.1 Å². The van der Waals surface area contributed by atoms with E-state index in [4.69, 9.17) is 15.2 Å². The molecule has 31 heavy (non-hydrogen) atoms. The second-order valence-electron chi connectivity index (χ2n) is 8.36. The highest BCUT2D eigenvalue weighted by Gasteiger charge is 2.74. The van der Waals surface area contributed by atoms with Gasteiger partial charge >= 0.3 is 0 Å². The van der Waals surface area contributed by atoms with Crippen LogP contribution in [0, 0.1) is 0 Å². The van der Waals surface area contributed by atoms with E-state index in [-0.39, 0.29) is 35.9 Å². The maximum absolute atomic E-state index is 14.0. The molecule has 164 valence electrons. The summed E-state index contributed by atoms with van der Waals surface area (Å²) in [5.41, 5.74) is 6.89. The largest absolute Gasteiger partial charge is 0.454 e. The summed E-state index contributed by atoms with van der Waals surface area (Å²) in [6, 6.07) is 10.6. The molecule has 1 aliphatic heterocycles. The zero-order valence-electron chi connectivity index (χ0n) is 18.2. The maximum Gasteiger partial charge on any atom is 0.275 e. The number of nitrogens with one attached hydrogen (secondary N) is 1. The van der Waals surface area contributed by atoms with Gasteiger partial charge in [-0.25, -0.2) is 0 Å². The number of anilines is 1. The van der Waals surface area contributed by atoms with E-state index in [9.17, 15) is 14.7 Å². The number of carbonyl (C=O) groups is 2. The predicted octanol–water partition coefficient (Wildman–Crippen LogP) is 3.30. The van der Waals surface area contributed by atoms with Gasteiger partial charge in [0.25, 0.3) is 5.79 Å². The monoisotopic (exact) mass is 424 g/mol. The Kier molecular flexibility index (Phi) is 5.06. The van der Waals surface area contributed by atoms with Crippen molar-refractivity contribution in [3.63, 3.8) is 0 Å². The van der Waals surface area contributed by atoms with Gasteiger partial charge in [0.2, 0.25) is 17.2 Å². The van der Waals surface area contributed by atoms with Crippen LogP contribution in [0.3, 0.4) is 0 Å². The smallest absolute Gasteiger partial charge is 0.275 e. The lowest BCUT2D eigenvalue weighted by Gasteiger charge is -2.39. The molecular weight excluding hydrogens is 396 g/mol. The third-order valence-corrected chi connectivity index (χ3v) is 6.14. The number of aliphatic hydroxyl groups excluding tert-OH is 1. The van der Waals surface area contributed by atoms with Crippen molar-refractivity contribution in [2.45, 2.75) is 64.1 Å². The van der Waals surface area contributed by atoms with Crippen LogP contribution in [0.5, 0.6) is 5.75 Å². The molecule has 1 heterocycles. The third kappa shape index (κ3) is 2.80. The Labute approximate surface area is 181 Å². The van der Waals surface area contributed by atoms with E-state index in [1.807, 2.05) is 12.1 Å². The standard InChI is InChI=1S/C24H28N2O5/c1-5-19(27)26-23-15-11-10-14(13(3)4)12-18(15)30-24(23,31-20(28)6-2)16-8-7-9-17(25)21(16)22(23)29/h7-13,20,28H,5-6,25H2,1-4H3,(H,26,27). The van der Waals surface area contributed by atoms with Gasteiger partial charge in [-0.3, -0.25) is 9.59 Å². The summed E-state index contributed by atoms with van der Waals surface area (Å²) >= 11 is 0. The highest BCUT2D eigenvalue weighted by molar-refractivity contribution is 6.15. The molecule has 4 rings (SSSR count). The first-order valence-electron chi connectivity index (χ1n) is 10.7. The highest BCUT2D eigenvalue weighted by Crippen LogP contribution is 2.61. The van der Waals surface area contributed by atoms with Crippen LogP contribution in [-0.2, 0) is 20.9 Å². The molecule has 2 aromatic carbocycles. The zero-order chi connectivity index (χ0) is 22.6. The lowest BCUT2D eigenvalue weighted by molar-refractivity contribution is -0.286. The minimum absolute atomic E-state index is 0.159. The van der Waals surface area contributed by atoms with Gasteiger partial charge in [0, 0.05) is 23.2 Å². The Bertz CT molecular complexity index is 1070. The maximum atomic E-state index is 14.0. The number of nitrogen functional groups attached to an aromatic ring is 1. The van der Waals surface area contributed by atoms with Gasteiger partial charge in [0.15, 0.2) is 6.29 Å². The second kappa shape index (κ2) is 7.35. The van der Waals surface area contributed by atoms with Crippen LogP contribution >= 0.6 is 0 Å². The number of hydrogen-bond donors (Lipinski definition) is 3. The molecule has 3 atom stereocenters. The van der Waals surface area contributed by atoms with Gasteiger partial charge in [0.1, 0.15) is 5.75 Å². The fourth-order valence-corrected chi connectivity index (χ4v) is 4.47. The van der Waals surface area contributed by atoms with Crippen molar-refractivity contribution in [2.24, 2.45) is 0 Å². The Balaban J connectivity index is 2.05. The van der Waals surface area contributed by atoms with Gasteiger partial charge in [-0.1, -0.05) is 52.0 Å². The number of hydrogen-bond acceptors (Lipinski definition) is 6. The lowest BCUT2D eigenvalue weighted by Crippen LogP contribution is -2.61. The zero-order valence-corrected chi connectivity index (χ0v) is 18.2. The summed E-state index contributed by atoms with van der Waals surface area (Å²) in [6.45, 7) is 7.57. The second-order valence-corrected chi connectivity index (χ2v) is 8.36. The number of ketones is 1. The van der Waals surface area contributed by atoms with E-state index in [0.717, 1.165) is 5.56 Å². The van der Waals surface area contributed by atoms with Gasteiger partial charge in [-0.15, -0.1) is 0 Å². The molecule has 0 spiro atoms. The molecule has 0 saturated carbocycles. The molecule has 2 aliphatic rings. The van der Waals surface area contributed by atoms with Gasteiger partial charge in [-0.2, -0.15) is 0 Å². The molecule has 0 radical (unpaired) electrons. The van der Waals surface area contributed by atoms with E-state index < -0.39 is 23.4 Å². The number of aliphatic hydroxyl groups is 1. The Morgan fingerprint density at radius 1 is 1.23 bits per heavy atom. The van der Waals surface area contributed by atoms with Crippen LogP contribution in [0.1, 0.15) is 73.5 Å². The Hall–Kier alpha value is -2.90. The number of Topliss-reactive ketones (excluding diaryl/α,β-unsaturated/α-hetero) is 1. The summed E-state index contributed by atoms with van der Waals surface area (Å²) in [6.07, 6.45) is -0.799. The molecule has 3 unspecified atom stereocenters. The minimum Gasteiger partial charge on any atom is -0.454 e. The number of benzene rings is 2. The summed E-state index contributed by atoms with van der Waals surface area (Å²) in [4.78, 5) is 26.7. The lowest BCUT2D eigenvalue weighted by atomic mass is 9.81. The van der Waals surface area contributed by atoms with E-state index in [2.05, 4.69) is 19.2 Å². The fraction of sp³-hybridized carbons (Fsp3) is 0.417. The molecule has 1 aliphatic carbocycles. The molecule has 0 aromatic heterocycles. The summed E-state index contributed by atoms with van der Waals surface area (Å²) in [5.74, 6) is -1.86. The first kappa shape index (κ1) is 21.3. The van der Waals surface area contributed by atoms with Crippen LogP contribution in [0.4, 0.5) is 5.69 Å². The number of fused-ring (bicyclic) bond motifs is 5. The Morgan fingerprint density at radius 2 is 1.97 bits per heavy atom. The first-order chi connectivity index (χ1) is 14.7. The number of ether oxygens (including phenoxy) is 2. The molecule has 4 N–H and O–H groups in total. The molecule has 0 saturated heterocycles. The fourth-order valence-electron chi connectivity index (χ4n) is 4.47. The van der Waals surface area contributed by atoms with E-state index >= 15 is 0 Å². The van der Waals surface area contributed by atoms with Crippen molar-refractivity contribution >= 4 is 17.4 Å². The summed E-state index contributed by atoms with van der Waals surface area (Å²) in [5, 5.41) is 13.4. The van der Waals surface area contributed by atoms with Gasteiger partial charge in [0.05, 0.1) is 5.56 Å². The number of rotatable bonds is 6. The number of amides is 1. The van der Waals surface area contributed by atoms with E-state index in [0.29, 0.717) is 16.9 Å². The molecular formula is C24H28N2O5. The van der Waals surface area contributed by atoms with E-state index in [1.165, 1.54) is 0 Å². The number of carbonyl (C=O) groups excluding carboxylic acids is 2. The highest BCUT2D eigenvalue weighted by atomic mass is 16.8. The molecule has 1 amide bonds. The Morgan fingerprint density at radius 3 is 2.61 bits per heavy atom. The molecule has 0 bridgehead atoms. The van der Waals surface area contributed by atoms with Crippen molar-refractivity contribution < 1.29 is 24.2 Å². The average Bonchev–Trinajstić information content (AvgIpc) is 3.12. The topological polar surface area (TPSA) is 111 Å². The SMILES string of the molecule is CCC(=O)NC12C(=O)c3c(N)cccc3C1(OC(O)CC)Oc1cc(C(C)C)ccc12.